The Morgan fingerprint density at radius 1 is 0.571 bits per heavy atom. The van der Waals surface area contributed by atoms with Gasteiger partial charge in [-0.1, -0.05) is 75.8 Å². The molecule has 0 amide bonds. The Hall–Kier alpha value is 0.831. The van der Waals surface area contributed by atoms with Crippen LogP contribution in [0.15, 0.2) is 0 Å². The summed E-state index contributed by atoms with van der Waals surface area (Å²) >= 11 is 0. The maximum Gasteiger partial charge on any atom is 0.316 e. The number of rotatable bonds is 2. The Morgan fingerprint density at radius 3 is 1.29 bits per heavy atom. The summed E-state index contributed by atoms with van der Waals surface area (Å²) in [6.07, 6.45) is 15.3. The second kappa shape index (κ2) is 7.16. The lowest BCUT2D eigenvalue weighted by atomic mass is 9.48. The van der Waals surface area contributed by atoms with E-state index in [0.717, 1.165) is 11.6 Å². The topological polar surface area (TPSA) is 0 Å². The monoisotopic (exact) mass is 204 g/mol. The fourth-order valence-electron chi connectivity index (χ4n) is 3.32. The first-order chi connectivity index (χ1) is 6.45. The lowest BCUT2D eigenvalue weighted by Crippen LogP contribution is -2.16. The molecule has 0 aromatic heterocycles. The molecule has 0 heterocycles. The molecule has 2 rings (SSSR count). The van der Waals surface area contributed by atoms with Crippen molar-refractivity contribution in [2.24, 2.45) is 0 Å². The maximum atomic E-state index is 1.58. The molecule has 0 aliphatic heterocycles. The van der Waals surface area contributed by atoms with Crippen LogP contribution in [0.3, 0.4) is 0 Å². The molecule has 0 aromatic carbocycles. The van der Waals surface area contributed by atoms with E-state index in [0.29, 0.717) is 0 Å². The van der Waals surface area contributed by atoms with E-state index in [1.807, 2.05) is 0 Å². The molecule has 0 unspecified atom stereocenters. The average Bonchev–Trinajstić information content (AvgIpc) is 2.21. The lowest BCUT2D eigenvalue weighted by Gasteiger charge is -2.27. The van der Waals surface area contributed by atoms with Crippen LogP contribution in [0.1, 0.15) is 64.2 Å². The predicted molar refractivity (Wildman–Crippen MR) is 69.4 cm³/mol. The van der Waals surface area contributed by atoms with Crippen LogP contribution < -0.4 is 0 Å². The largest absolute Gasteiger partial charge is 0.316 e. The molecule has 2 saturated carbocycles. The van der Waals surface area contributed by atoms with E-state index in [-0.39, 0.29) is 23.1 Å². The van der Waals surface area contributed by atoms with E-state index >= 15 is 0 Å². The minimum Gasteiger partial charge on any atom is -0.0654 e. The third-order valence-electron chi connectivity index (χ3n) is 4.12. The van der Waals surface area contributed by atoms with Crippen molar-refractivity contribution < 1.29 is 0 Å². The summed E-state index contributed by atoms with van der Waals surface area (Å²) in [6.45, 7) is 0. The van der Waals surface area contributed by atoms with Crippen molar-refractivity contribution in [3.8, 4) is 0 Å². The fraction of sp³-hybridized carbons (Fsp3) is 1.00. The van der Waals surface area contributed by atoms with E-state index in [4.69, 9.17) is 0 Å². The zero-order valence-corrected chi connectivity index (χ0v) is 8.93. The summed E-state index contributed by atoms with van der Waals surface area (Å²) in [6, 6.07) is 0. The van der Waals surface area contributed by atoms with Crippen molar-refractivity contribution >= 4 is 30.3 Å². The number of hydrogen-bond acceptors (Lipinski definition) is 0. The van der Waals surface area contributed by atoms with Crippen molar-refractivity contribution in [1.82, 2.24) is 0 Å². The first kappa shape index (κ1) is 12.9. The highest BCUT2D eigenvalue weighted by atomic mass is 24.3. The first-order valence-electron chi connectivity index (χ1n) is 6.45. The molecule has 2 aliphatic rings. The minimum atomic E-state index is 0. The molecule has 0 radical (unpaired) electrons. The van der Waals surface area contributed by atoms with E-state index in [1.54, 1.807) is 33.0 Å². The zero-order chi connectivity index (χ0) is 8.93. The third kappa shape index (κ3) is 4.14. The van der Waals surface area contributed by atoms with Gasteiger partial charge in [0.1, 0.15) is 7.28 Å². The van der Waals surface area contributed by atoms with Crippen LogP contribution in [0.2, 0.25) is 11.6 Å². The van der Waals surface area contributed by atoms with Gasteiger partial charge in [-0.2, -0.15) is 0 Å². The molecule has 0 aromatic rings. The van der Waals surface area contributed by atoms with Gasteiger partial charge < -0.3 is 0 Å². The van der Waals surface area contributed by atoms with Crippen molar-refractivity contribution in [1.29, 1.82) is 0 Å². The predicted octanol–water partition coefficient (Wildman–Crippen LogP) is 3.01. The van der Waals surface area contributed by atoms with Crippen LogP contribution in [-0.2, 0) is 0 Å². The molecule has 0 saturated heterocycles. The smallest absolute Gasteiger partial charge is 0.0654 e. The van der Waals surface area contributed by atoms with Crippen LogP contribution in [0.4, 0.5) is 0 Å². The van der Waals surface area contributed by atoms with Crippen molar-refractivity contribution in [2.75, 3.05) is 0 Å². The second-order valence-electron chi connectivity index (χ2n) is 5.24. The molecular weight excluding hydrogens is 179 g/mol. The van der Waals surface area contributed by atoms with Crippen molar-refractivity contribution in [3.05, 3.63) is 0 Å². The molecule has 14 heavy (non-hydrogen) atoms. The van der Waals surface area contributed by atoms with Gasteiger partial charge in [0, 0.05) is 0 Å². The highest BCUT2D eigenvalue weighted by Gasteiger charge is 2.21. The Labute approximate surface area is 106 Å². The quantitative estimate of drug-likeness (QED) is 0.607. The molecule has 0 spiro atoms. The summed E-state index contributed by atoms with van der Waals surface area (Å²) in [4.78, 5) is 0. The van der Waals surface area contributed by atoms with Gasteiger partial charge in [-0.25, -0.2) is 0 Å². The molecule has 0 N–H and O–H groups in total. The van der Waals surface area contributed by atoms with Gasteiger partial charge >= 0.3 is 23.1 Å². The van der Waals surface area contributed by atoms with Gasteiger partial charge in [-0.05, 0) is 0 Å². The summed E-state index contributed by atoms with van der Waals surface area (Å²) in [5.74, 6) is 2.24. The van der Waals surface area contributed by atoms with E-state index < -0.39 is 0 Å². The standard InChI is InChI=1S/C12H23B.Mg.2H/c1-3-7-11(8-4-1)13-12-9-5-2-6-10-12;;;/h11-13H,1-10H2;;;. The van der Waals surface area contributed by atoms with Gasteiger partial charge in [0.25, 0.3) is 0 Å². The number of hydrogen-bond donors (Lipinski definition) is 0. The van der Waals surface area contributed by atoms with Crippen LogP contribution in [-0.4, -0.2) is 30.3 Å². The minimum absolute atomic E-state index is 0. The molecule has 0 atom stereocenters. The summed E-state index contributed by atoms with van der Waals surface area (Å²) in [5.41, 5.74) is 0. The molecule has 2 aliphatic carbocycles. The van der Waals surface area contributed by atoms with Gasteiger partial charge in [0.2, 0.25) is 0 Å². The Kier molecular flexibility index (Phi) is 6.60. The summed E-state index contributed by atoms with van der Waals surface area (Å²) < 4.78 is 0. The van der Waals surface area contributed by atoms with Gasteiger partial charge in [0.15, 0.2) is 0 Å². The van der Waals surface area contributed by atoms with Crippen LogP contribution in [0, 0.1) is 0 Å². The van der Waals surface area contributed by atoms with E-state index in [2.05, 4.69) is 0 Å². The summed E-state index contributed by atoms with van der Waals surface area (Å²) in [7, 11) is 1.58. The van der Waals surface area contributed by atoms with Crippen LogP contribution >= 0.6 is 0 Å². The van der Waals surface area contributed by atoms with Gasteiger partial charge in [-0.15, -0.1) is 0 Å². The SMILES string of the molecule is B(C1CCCCC1)C1CCCCC1.[MgH2]. The molecular formula is C12H25BMg. The molecule has 0 nitrogen and oxygen atoms in total. The maximum absolute atomic E-state index is 1.58. The zero-order valence-electron chi connectivity index (χ0n) is 8.93. The Balaban J connectivity index is 0.000000980. The van der Waals surface area contributed by atoms with Crippen molar-refractivity contribution in [2.45, 2.75) is 75.8 Å². The first-order valence-corrected chi connectivity index (χ1v) is 6.45. The van der Waals surface area contributed by atoms with E-state index in [1.165, 1.54) is 38.5 Å². The van der Waals surface area contributed by atoms with Gasteiger partial charge in [-0.3, -0.25) is 0 Å². The fourth-order valence-corrected chi connectivity index (χ4v) is 3.32. The molecule has 2 fully saturated rings. The Bertz CT molecular complexity index is 121. The third-order valence-corrected chi connectivity index (χ3v) is 4.12. The molecule has 2 heteroatoms. The molecule has 0 bridgehead atoms. The van der Waals surface area contributed by atoms with Crippen LogP contribution in [0.5, 0.6) is 0 Å². The van der Waals surface area contributed by atoms with E-state index in [9.17, 15) is 0 Å². The Morgan fingerprint density at radius 2 is 0.929 bits per heavy atom. The highest BCUT2D eigenvalue weighted by Crippen LogP contribution is 2.36. The van der Waals surface area contributed by atoms with Crippen molar-refractivity contribution in [3.63, 3.8) is 0 Å². The lowest BCUT2D eigenvalue weighted by molar-refractivity contribution is 0.470. The van der Waals surface area contributed by atoms with Crippen LogP contribution in [0.25, 0.3) is 0 Å². The summed E-state index contributed by atoms with van der Waals surface area (Å²) in [5, 5.41) is 0. The highest BCUT2D eigenvalue weighted by molar-refractivity contribution is 6.39. The second-order valence-corrected chi connectivity index (χ2v) is 5.24. The molecule has 78 valence electrons. The average molecular weight is 204 g/mol. The van der Waals surface area contributed by atoms with Gasteiger partial charge in [0.05, 0.1) is 0 Å². The normalized spacial score (nSPS) is 25.4.